The van der Waals surface area contributed by atoms with Crippen molar-refractivity contribution < 1.29 is 4.79 Å². The normalized spacial score (nSPS) is 13.0. The molecule has 0 saturated heterocycles. The third-order valence-electron chi connectivity index (χ3n) is 5.68. The summed E-state index contributed by atoms with van der Waals surface area (Å²) in [7, 11) is 1.63. The van der Waals surface area contributed by atoms with Gasteiger partial charge in [0.1, 0.15) is 18.0 Å². The number of rotatable bonds is 8. The lowest BCUT2D eigenvalue weighted by molar-refractivity contribution is 0.0964. The molecule has 3 N–H and O–H groups in total. The number of hydrogen-bond acceptors (Lipinski definition) is 7. The average molecular weight is 440 g/mol. The Morgan fingerprint density at radius 1 is 1.03 bits per heavy atom. The molecule has 1 aliphatic carbocycles. The van der Waals surface area contributed by atoms with Gasteiger partial charge in [-0.1, -0.05) is 18.2 Å². The molecule has 1 saturated carbocycles. The largest absolute Gasteiger partial charge is 0.370 e. The van der Waals surface area contributed by atoms with E-state index >= 15 is 0 Å². The first-order valence-corrected chi connectivity index (χ1v) is 11.1. The summed E-state index contributed by atoms with van der Waals surface area (Å²) in [4.78, 5) is 29.9. The summed E-state index contributed by atoms with van der Waals surface area (Å²) in [5, 5.41) is 10.3. The maximum absolute atomic E-state index is 12.2. The van der Waals surface area contributed by atoms with Crippen LogP contribution in [-0.4, -0.2) is 45.5 Å². The molecule has 3 aromatic heterocycles. The van der Waals surface area contributed by atoms with Crippen LogP contribution in [0.2, 0.25) is 0 Å². The van der Waals surface area contributed by atoms with Crippen LogP contribution in [0.3, 0.4) is 0 Å². The third-order valence-corrected chi connectivity index (χ3v) is 5.68. The molecule has 5 rings (SSSR count). The number of nitrogens with one attached hydrogen (secondary N) is 3. The zero-order valence-corrected chi connectivity index (χ0v) is 18.4. The van der Waals surface area contributed by atoms with Gasteiger partial charge in [0.05, 0.1) is 16.8 Å². The predicted octanol–water partition coefficient (Wildman–Crippen LogP) is 3.68. The fraction of sp³-hybridized carbons (Fsp3) is 0.240. The number of para-hydroxylation sites is 1. The van der Waals surface area contributed by atoms with Crippen molar-refractivity contribution in [2.45, 2.75) is 25.3 Å². The number of anilines is 2. The van der Waals surface area contributed by atoms with Gasteiger partial charge in [-0.05, 0) is 43.0 Å². The van der Waals surface area contributed by atoms with E-state index in [1.165, 1.54) is 12.8 Å². The number of benzene rings is 1. The van der Waals surface area contributed by atoms with Crippen LogP contribution < -0.4 is 16.0 Å². The van der Waals surface area contributed by atoms with Crippen molar-refractivity contribution in [3.63, 3.8) is 0 Å². The summed E-state index contributed by atoms with van der Waals surface area (Å²) in [5.74, 6) is 1.54. The van der Waals surface area contributed by atoms with Gasteiger partial charge in [-0.25, -0.2) is 15.0 Å². The van der Waals surface area contributed by atoms with Crippen molar-refractivity contribution in [3.8, 4) is 11.3 Å². The Morgan fingerprint density at radius 3 is 2.73 bits per heavy atom. The second kappa shape index (κ2) is 9.20. The van der Waals surface area contributed by atoms with Crippen molar-refractivity contribution in [3.05, 3.63) is 72.3 Å². The molecule has 0 atom stereocenters. The van der Waals surface area contributed by atoms with Crippen LogP contribution in [0.15, 0.2) is 61.2 Å². The Bertz CT molecular complexity index is 1290. The highest BCUT2D eigenvalue weighted by molar-refractivity contribution is 6.06. The molecule has 166 valence electrons. The molecule has 4 aromatic rings. The maximum Gasteiger partial charge on any atom is 0.251 e. The van der Waals surface area contributed by atoms with E-state index in [4.69, 9.17) is 0 Å². The summed E-state index contributed by atoms with van der Waals surface area (Å²) < 4.78 is 0. The lowest BCUT2D eigenvalue weighted by Gasteiger charge is -2.10. The highest BCUT2D eigenvalue weighted by atomic mass is 16.1. The summed E-state index contributed by atoms with van der Waals surface area (Å²) in [5.41, 5.74) is 4.31. The Hall–Kier alpha value is -4.07. The molecule has 0 bridgehead atoms. The second-order valence-electron chi connectivity index (χ2n) is 8.07. The van der Waals surface area contributed by atoms with E-state index in [-0.39, 0.29) is 5.91 Å². The number of fused-ring (bicyclic) bond motifs is 1. The van der Waals surface area contributed by atoms with Crippen molar-refractivity contribution in [2.75, 3.05) is 24.2 Å². The van der Waals surface area contributed by atoms with Gasteiger partial charge in [0.25, 0.3) is 5.91 Å². The molecule has 1 amide bonds. The minimum atomic E-state index is -0.114. The fourth-order valence-corrected chi connectivity index (χ4v) is 3.78. The van der Waals surface area contributed by atoms with Gasteiger partial charge in [-0.15, -0.1) is 0 Å². The van der Waals surface area contributed by atoms with Crippen LogP contribution in [0.4, 0.5) is 11.6 Å². The number of hydrogen-bond donors (Lipinski definition) is 3. The van der Waals surface area contributed by atoms with Crippen LogP contribution in [0, 0.1) is 0 Å². The number of carbonyl (C=O) groups is 1. The molecule has 3 heterocycles. The van der Waals surface area contributed by atoms with Crippen molar-refractivity contribution >= 4 is 28.4 Å². The number of amides is 1. The second-order valence-corrected chi connectivity index (χ2v) is 8.07. The van der Waals surface area contributed by atoms with Gasteiger partial charge in [0.2, 0.25) is 0 Å². The number of carbonyl (C=O) groups excluding carboxylic acids is 1. The Kier molecular flexibility index (Phi) is 5.80. The van der Waals surface area contributed by atoms with Crippen molar-refractivity contribution in [1.82, 2.24) is 25.3 Å². The Balaban J connectivity index is 1.27. The fourth-order valence-electron chi connectivity index (χ4n) is 3.78. The van der Waals surface area contributed by atoms with Gasteiger partial charge < -0.3 is 16.0 Å². The molecule has 1 fully saturated rings. The summed E-state index contributed by atoms with van der Waals surface area (Å²) >= 11 is 0. The van der Waals surface area contributed by atoms with Crippen LogP contribution >= 0.6 is 0 Å². The van der Waals surface area contributed by atoms with Crippen LogP contribution in [0.25, 0.3) is 22.2 Å². The first-order valence-electron chi connectivity index (χ1n) is 11.1. The van der Waals surface area contributed by atoms with Gasteiger partial charge in [0, 0.05) is 49.0 Å². The number of pyridine rings is 2. The summed E-state index contributed by atoms with van der Waals surface area (Å²) in [6.45, 7) is 0.671. The molecule has 1 aliphatic rings. The molecule has 0 unspecified atom stereocenters. The monoisotopic (exact) mass is 439 g/mol. The van der Waals surface area contributed by atoms with Gasteiger partial charge in [-0.3, -0.25) is 9.78 Å². The lowest BCUT2D eigenvalue weighted by Crippen LogP contribution is -2.18. The molecular formula is C25H25N7O. The van der Waals surface area contributed by atoms with Crippen LogP contribution in [0.5, 0.6) is 0 Å². The van der Waals surface area contributed by atoms with Gasteiger partial charge >= 0.3 is 0 Å². The first-order chi connectivity index (χ1) is 16.2. The minimum absolute atomic E-state index is 0.114. The highest BCUT2D eigenvalue weighted by Gasteiger charge is 2.21. The minimum Gasteiger partial charge on any atom is -0.370 e. The highest BCUT2D eigenvalue weighted by Crippen LogP contribution is 2.25. The van der Waals surface area contributed by atoms with E-state index in [2.05, 4.69) is 35.9 Å². The molecule has 8 nitrogen and oxygen atoms in total. The zero-order valence-electron chi connectivity index (χ0n) is 18.4. The smallest absolute Gasteiger partial charge is 0.251 e. The van der Waals surface area contributed by atoms with E-state index in [0.29, 0.717) is 18.2 Å². The Labute approximate surface area is 191 Å². The molecular weight excluding hydrogens is 414 g/mol. The van der Waals surface area contributed by atoms with E-state index in [1.807, 2.05) is 42.6 Å². The standard InChI is InChI=1S/C25H25N7O/c1-26-25(33)20-10-12-28-24-16(3-2-4-19(20)24)9-11-27-23-13-21(30-15-31-23)17-5-8-22(29-14-17)32-18-6-7-18/h2-5,8,10,12-15,18H,6-7,9,11H2,1H3,(H,26,33)(H,29,32)(H,27,30,31). The zero-order chi connectivity index (χ0) is 22.6. The SMILES string of the molecule is CNC(=O)c1ccnc2c(CCNc3cc(-c4ccc(NC5CC5)nc4)ncn3)cccc12. The molecule has 33 heavy (non-hydrogen) atoms. The molecule has 0 radical (unpaired) electrons. The molecule has 0 aliphatic heterocycles. The summed E-state index contributed by atoms with van der Waals surface area (Å²) in [6, 6.07) is 14.2. The molecule has 8 heteroatoms. The van der Waals surface area contributed by atoms with Gasteiger partial charge in [0.15, 0.2) is 0 Å². The van der Waals surface area contributed by atoms with Crippen molar-refractivity contribution in [2.24, 2.45) is 0 Å². The maximum atomic E-state index is 12.2. The first kappa shape index (κ1) is 20.8. The quantitative estimate of drug-likeness (QED) is 0.385. The third kappa shape index (κ3) is 4.74. The number of aromatic nitrogens is 4. The lowest BCUT2D eigenvalue weighted by atomic mass is 10.0. The number of nitrogens with zero attached hydrogens (tertiary/aromatic N) is 4. The van der Waals surface area contributed by atoms with E-state index < -0.39 is 0 Å². The summed E-state index contributed by atoms with van der Waals surface area (Å²) in [6.07, 6.45) is 8.25. The van der Waals surface area contributed by atoms with Gasteiger partial charge in [-0.2, -0.15) is 0 Å². The van der Waals surface area contributed by atoms with Crippen molar-refractivity contribution in [1.29, 1.82) is 0 Å². The van der Waals surface area contributed by atoms with Crippen LogP contribution in [-0.2, 0) is 6.42 Å². The Morgan fingerprint density at radius 2 is 1.94 bits per heavy atom. The van der Waals surface area contributed by atoms with Crippen LogP contribution in [0.1, 0.15) is 28.8 Å². The van der Waals surface area contributed by atoms with E-state index in [0.717, 1.165) is 45.8 Å². The molecule has 1 aromatic carbocycles. The predicted molar refractivity (Wildman–Crippen MR) is 129 cm³/mol. The van der Waals surface area contributed by atoms with E-state index in [9.17, 15) is 4.79 Å². The van der Waals surface area contributed by atoms with E-state index in [1.54, 1.807) is 25.6 Å². The average Bonchev–Trinajstić information content (AvgIpc) is 3.68. The molecule has 0 spiro atoms. The topological polar surface area (TPSA) is 105 Å².